The molecule has 0 amide bonds. The van der Waals surface area contributed by atoms with E-state index in [9.17, 15) is 4.79 Å². The largest absolute Gasteiger partial charge is 0.463 e. The molecule has 0 radical (unpaired) electrons. The van der Waals surface area contributed by atoms with Crippen LogP contribution in [0.25, 0.3) is 11.0 Å². The van der Waals surface area contributed by atoms with Crippen molar-refractivity contribution in [3.8, 4) is 0 Å². The summed E-state index contributed by atoms with van der Waals surface area (Å²) < 4.78 is 5.40. The van der Waals surface area contributed by atoms with Gasteiger partial charge in [-0.1, -0.05) is 12.1 Å². The van der Waals surface area contributed by atoms with Crippen LogP contribution in [0.2, 0.25) is 0 Å². The maximum absolute atomic E-state index is 12.1. The molecule has 2 rings (SSSR count). The summed E-state index contributed by atoms with van der Waals surface area (Å²) in [6, 6.07) is 7.18. The van der Waals surface area contributed by atoms with Crippen molar-refractivity contribution in [3.63, 3.8) is 0 Å². The van der Waals surface area contributed by atoms with Crippen molar-refractivity contribution in [2.75, 3.05) is 26.2 Å². The van der Waals surface area contributed by atoms with E-state index in [1.807, 2.05) is 12.1 Å². The zero-order valence-electron chi connectivity index (χ0n) is 10.6. The molecule has 5 heteroatoms. The quantitative estimate of drug-likeness (QED) is 0.593. The van der Waals surface area contributed by atoms with Crippen molar-refractivity contribution in [3.05, 3.63) is 46.3 Å². The molecule has 3 N–H and O–H groups in total. The molecule has 5 nitrogen and oxygen atoms in total. The van der Waals surface area contributed by atoms with Crippen LogP contribution in [0.5, 0.6) is 0 Å². The molecule has 1 aromatic heterocycles. The van der Waals surface area contributed by atoms with Crippen LogP contribution in [0.1, 0.15) is 5.56 Å². The van der Waals surface area contributed by atoms with Gasteiger partial charge in [-0.15, -0.1) is 0 Å². The first-order chi connectivity index (χ1) is 9.33. The number of nitrogens with two attached hydrogens (primary N) is 1. The lowest BCUT2D eigenvalue weighted by Crippen LogP contribution is -2.24. The number of hydrogen-bond donors (Lipinski definition) is 2. The first-order valence-electron chi connectivity index (χ1n) is 6.24. The van der Waals surface area contributed by atoms with Crippen LogP contribution < -0.4 is 16.5 Å². The highest BCUT2D eigenvalue weighted by Gasteiger charge is 2.03. The minimum Gasteiger partial charge on any atom is -0.463 e. The van der Waals surface area contributed by atoms with Crippen LogP contribution in [0.15, 0.2) is 44.7 Å². The molecule has 1 heterocycles. The second-order valence-electron chi connectivity index (χ2n) is 4.09. The molecule has 0 aliphatic rings. The number of para-hydroxylation sites is 1. The van der Waals surface area contributed by atoms with Gasteiger partial charge in [0.1, 0.15) is 11.8 Å². The molecule has 0 atom stereocenters. The summed E-state index contributed by atoms with van der Waals surface area (Å²) in [6.45, 7) is 2.73. The van der Waals surface area contributed by atoms with Crippen LogP contribution in [0.3, 0.4) is 0 Å². The molecule has 0 unspecified atom stereocenters. The van der Waals surface area contributed by atoms with E-state index in [0.717, 1.165) is 13.1 Å². The van der Waals surface area contributed by atoms with Gasteiger partial charge < -0.3 is 15.5 Å². The van der Waals surface area contributed by atoms with Crippen LogP contribution >= 0.6 is 0 Å². The van der Waals surface area contributed by atoms with E-state index in [-0.39, 0.29) is 5.43 Å². The van der Waals surface area contributed by atoms with Crippen molar-refractivity contribution in [2.45, 2.75) is 0 Å². The Morgan fingerprint density at radius 1 is 1.32 bits per heavy atom. The summed E-state index contributed by atoms with van der Waals surface area (Å²) in [5.74, 6) is 0. The minimum absolute atomic E-state index is 0.0551. The van der Waals surface area contributed by atoms with Gasteiger partial charge in [-0.3, -0.25) is 9.79 Å². The lowest BCUT2D eigenvalue weighted by molar-refractivity contribution is 0.601. The number of rotatable bonds is 6. The van der Waals surface area contributed by atoms with E-state index in [0.29, 0.717) is 29.6 Å². The normalized spacial score (nSPS) is 11.4. The zero-order chi connectivity index (χ0) is 13.5. The van der Waals surface area contributed by atoms with Gasteiger partial charge in [0.25, 0.3) is 0 Å². The van der Waals surface area contributed by atoms with E-state index in [4.69, 9.17) is 10.2 Å². The van der Waals surface area contributed by atoms with Crippen molar-refractivity contribution >= 4 is 17.2 Å². The van der Waals surface area contributed by atoms with E-state index in [1.54, 1.807) is 18.3 Å². The smallest absolute Gasteiger partial charge is 0.201 e. The Morgan fingerprint density at radius 3 is 3.00 bits per heavy atom. The van der Waals surface area contributed by atoms with Gasteiger partial charge >= 0.3 is 0 Å². The Balaban J connectivity index is 2.07. The maximum atomic E-state index is 12.1. The predicted molar refractivity (Wildman–Crippen MR) is 76.9 cm³/mol. The molecule has 0 aliphatic carbocycles. The Bertz CT molecular complexity index is 619. The molecule has 2 aromatic rings. The molecule has 19 heavy (non-hydrogen) atoms. The SMILES string of the molecule is NCCNCCN=Cc1coc2ccccc2c1=O. The van der Waals surface area contributed by atoms with E-state index in [2.05, 4.69) is 10.3 Å². The molecule has 0 bridgehead atoms. The van der Waals surface area contributed by atoms with Crippen LogP contribution in [-0.2, 0) is 0 Å². The van der Waals surface area contributed by atoms with Crippen molar-refractivity contribution in [1.82, 2.24) is 5.32 Å². The topological polar surface area (TPSA) is 80.6 Å². The highest BCUT2D eigenvalue weighted by molar-refractivity contribution is 5.86. The number of fused-ring (bicyclic) bond motifs is 1. The molecular weight excluding hydrogens is 242 g/mol. The first kappa shape index (κ1) is 13.5. The van der Waals surface area contributed by atoms with Gasteiger partial charge in [-0.25, -0.2) is 0 Å². The maximum Gasteiger partial charge on any atom is 0.201 e. The molecule has 0 aliphatic heterocycles. The monoisotopic (exact) mass is 259 g/mol. The van der Waals surface area contributed by atoms with Gasteiger partial charge in [-0.05, 0) is 12.1 Å². The second kappa shape index (κ2) is 6.82. The number of nitrogens with zero attached hydrogens (tertiary/aromatic N) is 1. The number of benzene rings is 1. The summed E-state index contributed by atoms with van der Waals surface area (Å²) in [5, 5.41) is 3.70. The average Bonchev–Trinajstić information content (AvgIpc) is 2.45. The fourth-order valence-electron chi connectivity index (χ4n) is 1.72. The average molecular weight is 259 g/mol. The van der Waals surface area contributed by atoms with Crippen molar-refractivity contribution in [1.29, 1.82) is 0 Å². The number of aliphatic imine (C=N–C) groups is 1. The third-order valence-electron chi connectivity index (χ3n) is 2.68. The lowest BCUT2D eigenvalue weighted by Gasteiger charge is -1.99. The highest BCUT2D eigenvalue weighted by atomic mass is 16.3. The zero-order valence-corrected chi connectivity index (χ0v) is 10.6. The highest BCUT2D eigenvalue weighted by Crippen LogP contribution is 2.09. The van der Waals surface area contributed by atoms with Gasteiger partial charge in [0.15, 0.2) is 0 Å². The van der Waals surface area contributed by atoms with Crippen LogP contribution in [-0.4, -0.2) is 32.4 Å². The van der Waals surface area contributed by atoms with Crippen molar-refractivity contribution in [2.24, 2.45) is 10.7 Å². The minimum atomic E-state index is -0.0551. The third kappa shape index (κ3) is 3.49. The Hall–Kier alpha value is -1.98. The Morgan fingerprint density at radius 2 is 2.16 bits per heavy atom. The molecule has 100 valence electrons. The fourth-order valence-corrected chi connectivity index (χ4v) is 1.72. The molecule has 0 spiro atoms. The van der Waals surface area contributed by atoms with Crippen LogP contribution in [0, 0.1) is 0 Å². The first-order valence-corrected chi connectivity index (χ1v) is 6.24. The Labute approximate surface area is 111 Å². The Kier molecular flexibility index (Phi) is 4.83. The summed E-state index contributed by atoms with van der Waals surface area (Å²) >= 11 is 0. The summed E-state index contributed by atoms with van der Waals surface area (Å²) in [7, 11) is 0. The summed E-state index contributed by atoms with van der Waals surface area (Å²) in [4.78, 5) is 16.3. The lowest BCUT2D eigenvalue weighted by atomic mass is 10.2. The molecule has 0 saturated heterocycles. The predicted octanol–water partition coefficient (Wildman–Crippen LogP) is 0.760. The summed E-state index contributed by atoms with van der Waals surface area (Å²) in [6.07, 6.45) is 3.00. The van der Waals surface area contributed by atoms with Gasteiger partial charge in [0.2, 0.25) is 5.43 Å². The van der Waals surface area contributed by atoms with Gasteiger partial charge in [0, 0.05) is 25.8 Å². The molecule has 0 saturated carbocycles. The molecule has 0 fully saturated rings. The van der Waals surface area contributed by atoms with Crippen LogP contribution in [0.4, 0.5) is 0 Å². The van der Waals surface area contributed by atoms with Gasteiger partial charge in [0.05, 0.1) is 17.5 Å². The van der Waals surface area contributed by atoms with E-state index >= 15 is 0 Å². The van der Waals surface area contributed by atoms with E-state index < -0.39 is 0 Å². The number of nitrogens with one attached hydrogen (secondary N) is 1. The van der Waals surface area contributed by atoms with Gasteiger partial charge in [-0.2, -0.15) is 0 Å². The number of hydrogen-bond acceptors (Lipinski definition) is 5. The van der Waals surface area contributed by atoms with Crippen molar-refractivity contribution < 1.29 is 4.42 Å². The third-order valence-corrected chi connectivity index (χ3v) is 2.68. The second-order valence-corrected chi connectivity index (χ2v) is 4.09. The summed E-state index contributed by atoms with van der Waals surface area (Å²) in [5.41, 5.74) is 6.36. The van der Waals surface area contributed by atoms with E-state index in [1.165, 1.54) is 6.26 Å². The standard InChI is InChI=1S/C14H17N3O2/c15-5-6-16-7-8-17-9-11-10-19-13-4-2-1-3-12(13)14(11)18/h1-4,9-10,16H,5-8,15H2. The fraction of sp³-hybridized carbons (Fsp3) is 0.286. The molecular formula is C14H17N3O2. The molecule has 1 aromatic carbocycles.